The second kappa shape index (κ2) is 9.80. The third-order valence-electron chi connectivity index (χ3n) is 4.29. The van der Waals surface area contributed by atoms with Crippen molar-refractivity contribution in [2.24, 2.45) is 7.05 Å². The Morgan fingerprint density at radius 2 is 2.00 bits per heavy atom. The zero-order valence-corrected chi connectivity index (χ0v) is 18.1. The van der Waals surface area contributed by atoms with Crippen LogP contribution in [-0.4, -0.2) is 26.4 Å². The van der Waals surface area contributed by atoms with Crippen LogP contribution in [0.3, 0.4) is 0 Å². The van der Waals surface area contributed by atoms with Gasteiger partial charge in [0.1, 0.15) is 5.75 Å². The van der Waals surface area contributed by atoms with Gasteiger partial charge < -0.3 is 14.6 Å². The third-order valence-corrected chi connectivity index (χ3v) is 5.62. The predicted molar refractivity (Wildman–Crippen MR) is 115 cm³/mol. The molecule has 1 aromatic heterocycles. The summed E-state index contributed by atoms with van der Waals surface area (Å²) in [5.74, 6) is 1.48. The average molecular weight is 431 g/mol. The van der Waals surface area contributed by atoms with Gasteiger partial charge in [0.2, 0.25) is 5.91 Å². The molecule has 2 aromatic carbocycles. The minimum atomic E-state index is -0.340. The Balaban J connectivity index is 1.56. The average Bonchev–Trinajstić information content (AvgIpc) is 3.09. The van der Waals surface area contributed by atoms with Crippen molar-refractivity contribution in [1.82, 2.24) is 20.1 Å². The van der Waals surface area contributed by atoms with Gasteiger partial charge in [-0.05, 0) is 37.1 Å². The third kappa shape index (κ3) is 5.74. The van der Waals surface area contributed by atoms with Crippen LogP contribution >= 0.6 is 23.4 Å². The first-order valence-electron chi connectivity index (χ1n) is 9.19. The van der Waals surface area contributed by atoms with Crippen molar-refractivity contribution in [3.05, 3.63) is 70.5 Å². The highest BCUT2D eigenvalue weighted by Gasteiger charge is 2.19. The fraction of sp³-hybridized carbons (Fsp3) is 0.286. The highest BCUT2D eigenvalue weighted by molar-refractivity contribution is 7.99. The maximum Gasteiger partial charge on any atom is 0.230 e. The number of halogens is 1. The number of thioether (sulfide) groups is 1. The molecular formula is C21H23ClN4O2S. The van der Waals surface area contributed by atoms with Gasteiger partial charge in [-0.15, -0.1) is 10.2 Å². The molecule has 0 saturated heterocycles. The van der Waals surface area contributed by atoms with Gasteiger partial charge in [0.05, 0.1) is 10.8 Å². The molecule has 29 heavy (non-hydrogen) atoms. The summed E-state index contributed by atoms with van der Waals surface area (Å²) in [4.78, 5) is 12.1. The van der Waals surface area contributed by atoms with Crippen LogP contribution in [0.1, 0.15) is 30.0 Å². The summed E-state index contributed by atoms with van der Waals surface area (Å²) in [5, 5.41) is 12.5. The minimum absolute atomic E-state index is 0.0563. The number of nitrogens with one attached hydrogen (secondary N) is 1. The monoisotopic (exact) mass is 430 g/mol. The Bertz CT molecular complexity index is 978. The molecule has 0 saturated carbocycles. The number of carbonyl (C=O) groups excluding carboxylic acids is 1. The minimum Gasteiger partial charge on any atom is -0.481 e. The van der Waals surface area contributed by atoms with Gasteiger partial charge >= 0.3 is 0 Å². The first-order chi connectivity index (χ1) is 13.9. The predicted octanol–water partition coefficient (Wildman–Crippen LogP) is 4.33. The molecule has 1 N–H and O–H groups in total. The Labute approximate surface area is 179 Å². The maximum absolute atomic E-state index is 12.1. The molecule has 0 spiro atoms. The largest absolute Gasteiger partial charge is 0.481 e. The number of ether oxygens (including phenoxy) is 1. The zero-order valence-electron chi connectivity index (χ0n) is 16.6. The number of aromatic nitrogens is 3. The standard InChI is InChI=1S/C21H23ClN4O2S/c1-14-9-10-17(22)18(11-14)28-15(2)20-24-25-21(26(20)3)29-13-19(27)23-12-16-7-5-4-6-8-16/h4-11,15H,12-13H2,1-3H3,(H,23,27). The molecule has 152 valence electrons. The summed E-state index contributed by atoms with van der Waals surface area (Å²) in [6, 6.07) is 15.4. The summed E-state index contributed by atoms with van der Waals surface area (Å²) in [6.45, 7) is 4.38. The van der Waals surface area contributed by atoms with Gasteiger partial charge in [-0.2, -0.15) is 0 Å². The second-order valence-electron chi connectivity index (χ2n) is 6.64. The molecule has 1 amide bonds. The van der Waals surface area contributed by atoms with Gasteiger partial charge in [-0.3, -0.25) is 4.79 Å². The van der Waals surface area contributed by atoms with Crippen LogP contribution in [-0.2, 0) is 18.4 Å². The topological polar surface area (TPSA) is 69.0 Å². The van der Waals surface area contributed by atoms with E-state index in [1.54, 1.807) is 0 Å². The molecule has 8 heteroatoms. The molecule has 0 aliphatic carbocycles. The number of hydrogen-bond donors (Lipinski definition) is 1. The van der Waals surface area contributed by atoms with Crippen LogP contribution in [0, 0.1) is 6.92 Å². The fourth-order valence-electron chi connectivity index (χ4n) is 2.73. The van der Waals surface area contributed by atoms with Crippen LogP contribution in [0.5, 0.6) is 5.75 Å². The van der Waals surface area contributed by atoms with E-state index in [-0.39, 0.29) is 17.8 Å². The highest BCUT2D eigenvalue weighted by atomic mass is 35.5. The Morgan fingerprint density at radius 3 is 2.76 bits per heavy atom. The summed E-state index contributed by atoms with van der Waals surface area (Å²) in [5.41, 5.74) is 2.12. The first kappa shape index (κ1) is 21.2. The molecule has 6 nitrogen and oxygen atoms in total. The van der Waals surface area contributed by atoms with Crippen molar-refractivity contribution in [3.63, 3.8) is 0 Å². The molecule has 0 fully saturated rings. The summed E-state index contributed by atoms with van der Waals surface area (Å²) < 4.78 is 7.81. The Hall–Kier alpha value is -2.51. The lowest BCUT2D eigenvalue weighted by molar-refractivity contribution is -0.118. The Morgan fingerprint density at radius 1 is 1.24 bits per heavy atom. The van der Waals surface area contributed by atoms with Gasteiger partial charge in [-0.1, -0.05) is 59.8 Å². The maximum atomic E-state index is 12.1. The number of amides is 1. The molecule has 3 aromatic rings. The van der Waals surface area contributed by atoms with Gasteiger partial charge in [0, 0.05) is 13.6 Å². The van der Waals surface area contributed by atoms with Crippen LogP contribution < -0.4 is 10.1 Å². The van der Waals surface area contributed by atoms with E-state index in [1.807, 2.05) is 74.0 Å². The molecule has 0 aliphatic rings. The summed E-state index contributed by atoms with van der Waals surface area (Å²) in [6.07, 6.45) is -0.340. The molecule has 0 bridgehead atoms. The number of rotatable bonds is 8. The number of hydrogen-bond acceptors (Lipinski definition) is 5. The molecule has 0 radical (unpaired) electrons. The lowest BCUT2D eigenvalue weighted by atomic mass is 10.2. The molecule has 1 unspecified atom stereocenters. The number of nitrogens with zero attached hydrogens (tertiary/aromatic N) is 3. The van der Waals surface area contributed by atoms with E-state index in [9.17, 15) is 4.79 Å². The fourth-order valence-corrected chi connectivity index (χ4v) is 3.64. The van der Waals surface area contributed by atoms with E-state index in [0.29, 0.717) is 28.3 Å². The molecular weight excluding hydrogens is 408 g/mol. The summed E-state index contributed by atoms with van der Waals surface area (Å²) >= 11 is 7.55. The molecule has 0 aliphatic heterocycles. The number of aryl methyl sites for hydroxylation is 1. The normalized spacial score (nSPS) is 11.9. The lowest BCUT2D eigenvalue weighted by Gasteiger charge is -2.15. The van der Waals surface area contributed by atoms with Crippen LogP contribution in [0.15, 0.2) is 53.7 Å². The number of benzene rings is 2. The lowest BCUT2D eigenvalue weighted by Crippen LogP contribution is -2.24. The van der Waals surface area contributed by atoms with Crippen molar-refractivity contribution in [2.75, 3.05) is 5.75 Å². The first-order valence-corrected chi connectivity index (χ1v) is 10.6. The van der Waals surface area contributed by atoms with Crippen LogP contribution in [0.25, 0.3) is 0 Å². The SMILES string of the molecule is Cc1ccc(Cl)c(OC(C)c2nnc(SCC(=O)NCc3ccccc3)n2C)c1. The van der Waals surface area contributed by atoms with Crippen LogP contribution in [0.2, 0.25) is 5.02 Å². The quantitative estimate of drug-likeness (QED) is 0.539. The second-order valence-corrected chi connectivity index (χ2v) is 7.99. The van der Waals surface area contributed by atoms with E-state index in [1.165, 1.54) is 11.8 Å². The van der Waals surface area contributed by atoms with Crippen molar-refractivity contribution in [2.45, 2.75) is 31.7 Å². The van der Waals surface area contributed by atoms with E-state index in [4.69, 9.17) is 16.3 Å². The number of carbonyl (C=O) groups is 1. The van der Waals surface area contributed by atoms with Crippen molar-refractivity contribution in [3.8, 4) is 5.75 Å². The van der Waals surface area contributed by atoms with Gasteiger partial charge in [0.25, 0.3) is 0 Å². The highest BCUT2D eigenvalue weighted by Crippen LogP contribution is 2.30. The van der Waals surface area contributed by atoms with E-state index in [2.05, 4.69) is 15.5 Å². The van der Waals surface area contributed by atoms with Crippen molar-refractivity contribution in [1.29, 1.82) is 0 Å². The van der Waals surface area contributed by atoms with Crippen molar-refractivity contribution >= 4 is 29.3 Å². The van der Waals surface area contributed by atoms with Gasteiger partial charge in [0.15, 0.2) is 17.1 Å². The zero-order chi connectivity index (χ0) is 20.8. The van der Waals surface area contributed by atoms with E-state index >= 15 is 0 Å². The molecule has 1 atom stereocenters. The van der Waals surface area contributed by atoms with Crippen LogP contribution in [0.4, 0.5) is 0 Å². The molecule has 3 rings (SSSR count). The summed E-state index contributed by atoms with van der Waals surface area (Å²) in [7, 11) is 1.86. The van der Waals surface area contributed by atoms with Gasteiger partial charge in [-0.25, -0.2) is 0 Å². The Kier molecular flexibility index (Phi) is 7.17. The smallest absolute Gasteiger partial charge is 0.230 e. The van der Waals surface area contributed by atoms with E-state index < -0.39 is 0 Å². The molecule has 1 heterocycles. The van der Waals surface area contributed by atoms with Crippen molar-refractivity contribution < 1.29 is 9.53 Å². The van der Waals surface area contributed by atoms with E-state index in [0.717, 1.165) is 11.1 Å².